The number of nitrogens with zero attached hydrogens (tertiary/aromatic N) is 2. The van der Waals surface area contributed by atoms with E-state index in [0.717, 1.165) is 5.69 Å². The van der Waals surface area contributed by atoms with Gasteiger partial charge < -0.3 is 5.32 Å². The SMILES string of the molecule is Cc1ccc(=O)n(CCNC(=O)c2ccccc2Cl)n1. The summed E-state index contributed by atoms with van der Waals surface area (Å²) < 4.78 is 1.32. The molecule has 2 rings (SSSR count). The van der Waals surface area contributed by atoms with Gasteiger partial charge in [-0.1, -0.05) is 23.7 Å². The first kappa shape index (κ1) is 14.3. The molecule has 0 unspecified atom stereocenters. The van der Waals surface area contributed by atoms with Gasteiger partial charge in [-0.15, -0.1) is 0 Å². The predicted molar refractivity (Wildman–Crippen MR) is 77.0 cm³/mol. The number of hydrogen-bond donors (Lipinski definition) is 1. The molecule has 2 aromatic rings. The summed E-state index contributed by atoms with van der Waals surface area (Å²) in [6, 6.07) is 9.92. The quantitative estimate of drug-likeness (QED) is 0.931. The van der Waals surface area contributed by atoms with Gasteiger partial charge in [0.25, 0.3) is 11.5 Å². The molecule has 0 atom stereocenters. The molecular weight excluding hydrogens is 278 g/mol. The molecule has 0 aliphatic heterocycles. The van der Waals surface area contributed by atoms with Crippen LogP contribution in [0.1, 0.15) is 16.1 Å². The van der Waals surface area contributed by atoms with E-state index >= 15 is 0 Å². The van der Waals surface area contributed by atoms with Crippen LogP contribution in [0.15, 0.2) is 41.2 Å². The summed E-state index contributed by atoms with van der Waals surface area (Å²) in [7, 11) is 0. The number of aromatic nitrogens is 2. The Morgan fingerprint density at radius 2 is 2.05 bits per heavy atom. The van der Waals surface area contributed by atoms with Gasteiger partial charge in [-0.25, -0.2) is 4.68 Å². The van der Waals surface area contributed by atoms with Crippen LogP contribution in [-0.4, -0.2) is 22.2 Å². The highest BCUT2D eigenvalue weighted by molar-refractivity contribution is 6.33. The van der Waals surface area contributed by atoms with Gasteiger partial charge in [-0.3, -0.25) is 9.59 Å². The van der Waals surface area contributed by atoms with E-state index in [-0.39, 0.29) is 11.5 Å². The van der Waals surface area contributed by atoms with Crippen molar-refractivity contribution < 1.29 is 4.79 Å². The number of rotatable bonds is 4. The Balaban J connectivity index is 1.96. The van der Waals surface area contributed by atoms with E-state index in [2.05, 4.69) is 10.4 Å². The van der Waals surface area contributed by atoms with Crippen molar-refractivity contribution in [2.45, 2.75) is 13.5 Å². The number of aryl methyl sites for hydroxylation is 1. The molecule has 0 saturated heterocycles. The molecule has 0 spiro atoms. The summed E-state index contributed by atoms with van der Waals surface area (Å²) in [6.45, 7) is 2.43. The molecule has 5 nitrogen and oxygen atoms in total. The van der Waals surface area contributed by atoms with Crippen molar-refractivity contribution in [2.24, 2.45) is 0 Å². The van der Waals surface area contributed by atoms with Crippen LogP contribution in [0.5, 0.6) is 0 Å². The van der Waals surface area contributed by atoms with E-state index in [0.29, 0.717) is 23.7 Å². The molecule has 1 amide bonds. The van der Waals surface area contributed by atoms with Crippen LogP contribution in [0.3, 0.4) is 0 Å². The van der Waals surface area contributed by atoms with Crippen LogP contribution < -0.4 is 10.9 Å². The van der Waals surface area contributed by atoms with Crippen LogP contribution in [0, 0.1) is 6.92 Å². The highest BCUT2D eigenvalue weighted by Crippen LogP contribution is 2.14. The zero-order valence-corrected chi connectivity index (χ0v) is 11.7. The van der Waals surface area contributed by atoms with Gasteiger partial charge in [0.1, 0.15) is 0 Å². The van der Waals surface area contributed by atoms with Crippen molar-refractivity contribution in [1.82, 2.24) is 15.1 Å². The second-order valence-electron chi connectivity index (χ2n) is 4.27. The second kappa shape index (κ2) is 6.34. The van der Waals surface area contributed by atoms with Crippen LogP contribution in [0.2, 0.25) is 5.02 Å². The van der Waals surface area contributed by atoms with Gasteiger partial charge in [0.2, 0.25) is 0 Å². The van der Waals surface area contributed by atoms with E-state index < -0.39 is 0 Å². The number of benzene rings is 1. The lowest BCUT2D eigenvalue weighted by Gasteiger charge is -2.08. The van der Waals surface area contributed by atoms with Crippen molar-refractivity contribution in [3.63, 3.8) is 0 Å². The van der Waals surface area contributed by atoms with Gasteiger partial charge in [-0.05, 0) is 25.1 Å². The van der Waals surface area contributed by atoms with Crippen molar-refractivity contribution in [2.75, 3.05) is 6.54 Å². The zero-order valence-electron chi connectivity index (χ0n) is 11.0. The summed E-state index contributed by atoms with van der Waals surface area (Å²) in [5, 5.41) is 7.20. The molecule has 1 aromatic carbocycles. The summed E-state index contributed by atoms with van der Waals surface area (Å²) >= 11 is 5.93. The molecule has 1 heterocycles. The average Bonchev–Trinajstić information content (AvgIpc) is 2.43. The van der Waals surface area contributed by atoms with E-state index in [1.165, 1.54) is 10.7 Å². The molecular formula is C14H14ClN3O2. The molecule has 0 radical (unpaired) electrons. The summed E-state index contributed by atoms with van der Waals surface area (Å²) in [5.41, 5.74) is 0.975. The number of nitrogens with one attached hydrogen (secondary N) is 1. The minimum atomic E-state index is -0.267. The third kappa shape index (κ3) is 3.45. The fraction of sp³-hybridized carbons (Fsp3) is 0.214. The van der Waals surface area contributed by atoms with Crippen LogP contribution in [0.4, 0.5) is 0 Å². The maximum Gasteiger partial charge on any atom is 0.266 e. The average molecular weight is 292 g/mol. The standard InChI is InChI=1S/C14H14ClN3O2/c1-10-6-7-13(19)18(17-10)9-8-16-14(20)11-4-2-3-5-12(11)15/h2-7H,8-9H2,1H3,(H,16,20). The second-order valence-corrected chi connectivity index (χ2v) is 4.68. The van der Waals surface area contributed by atoms with Crippen LogP contribution in [-0.2, 0) is 6.54 Å². The monoisotopic (exact) mass is 291 g/mol. The fourth-order valence-corrected chi connectivity index (χ4v) is 1.95. The Morgan fingerprint density at radius 1 is 1.30 bits per heavy atom. The molecule has 6 heteroatoms. The van der Waals surface area contributed by atoms with E-state index in [1.54, 1.807) is 37.3 Å². The molecule has 0 fully saturated rings. The third-order valence-corrected chi connectivity index (χ3v) is 3.06. The van der Waals surface area contributed by atoms with Gasteiger partial charge in [-0.2, -0.15) is 5.10 Å². The lowest BCUT2D eigenvalue weighted by atomic mass is 10.2. The number of halogens is 1. The Labute approximate surface area is 121 Å². The maximum absolute atomic E-state index is 11.9. The molecule has 0 aliphatic rings. The number of hydrogen-bond acceptors (Lipinski definition) is 3. The van der Waals surface area contributed by atoms with Gasteiger partial charge in [0.15, 0.2) is 0 Å². The molecule has 1 aromatic heterocycles. The van der Waals surface area contributed by atoms with E-state index in [4.69, 9.17) is 11.6 Å². The smallest absolute Gasteiger partial charge is 0.266 e. The molecule has 104 valence electrons. The summed E-state index contributed by atoms with van der Waals surface area (Å²) in [4.78, 5) is 23.4. The van der Waals surface area contributed by atoms with Gasteiger partial charge >= 0.3 is 0 Å². The summed E-state index contributed by atoms with van der Waals surface area (Å²) in [6.07, 6.45) is 0. The summed E-state index contributed by atoms with van der Waals surface area (Å²) in [5.74, 6) is -0.267. The van der Waals surface area contributed by atoms with Crippen molar-refractivity contribution in [3.05, 3.63) is 63.0 Å². The van der Waals surface area contributed by atoms with Crippen LogP contribution in [0.25, 0.3) is 0 Å². The lowest BCUT2D eigenvalue weighted by molar-refractivity contribution is 0.0952. The molecule has 0 aliphatic carbocycles. The van der Waals surface area contributed by atoms with Gasteiger partial charge in [0, 0.05) is 12.6 Å². The highest BCUT2D eigenvalue weighted by Gasteiger charge is 2.08. The molecule has 0 saturated carbocycles. The highest BCUT2D eigenvalue weighted by atomic mass is 35.5. The fourth-order valence-electron chi connectivity index (χ4n) is 1.73. The first-order chi connectivity index (χ1) is 9.58. The van der Waals surface area contributed by atoms with Crippen molar-refractivity contribution in [3.8, 4) is 0 Å². The minimum absolute atomic E-state index is 0.192. The first-order valence-corrected chi connectivity index (χ1v) is 6.53. The third-order valence-electron chi connectivity index (χ3n) is 2.73. The van der Waals surface area contributed by atoms with Crippen molar-refractivity contribution in [1.29, 1.82) is 0 Å². The minimum Gasteiger partial charge on any atom is -0.350 e. The van der Waals surface area contributed by atoms with E-state index in [9.17, 15) is 9.59 Å². The molecule has 20 heavy (non-hydrogen) atoms. The zero-order chi connectivity index (χ0) is 14.5. The van der Waals surface area contributed by atoms with Gasteiger partial charge in [0.05, 0.1) is 22.8 Å². The van der Waals surface area contributed by atoms with E-state index in [1.807, 2.05) is 0 Å². The Hall–Kier alpha value is -2.14. The van der Waals surface area contributed by atoms with Crippen LogP contribution >= 0.6 is 11.6 Å². The predicted octanol–water partition coefficient (Wildman–Crippen LogP) is 1.64. The Morgan fingerprint density at radius 3 is 2.80 bits per heavy atom. The molecule has 0 bridgehead atoms. The lowest BCUT2D eigenvalue weighted by Crippen LogP contribution is -2.32. The molecule has 1 N–H and O–H groups in total. The number of carbonyl (C=O) groups excluding carboxylic acids is 1. The largest absolute Gasteiger partial charge is 0.350 e. The number of carbonyl (C=O) groups is 1. The topological polar surface area (TPSA) is 64.0 Å². The first-order valence-electron chi connectivity index (χ1n) is 6.15. The Bertz CT molecular complexity index is 682. The Kier molecular flexibility index (Phi) is 4.53. The van der Waals surface area contributed by atoms with Crippen molar-refractivity contribution >= 4 is 17.5 Å². The number of amides is 1. The maximum atomic E-state index is 11.9. The normalized spacial score (nSPS) is 10.3.